The van der Waals surface area contributed by atoms with Crippen molar-refractivity contribution in [3.05, 3.63) is 108 Å². The first-order valence-corrected chi connectivity index (χ1v) is 9.15. The predicted molar refractivity (Wildman–Crippen MR) is 107 cm³/mol. The number of aryl methyl sites for hydroxylation is 1. The van der Waals surface area contributed by atoms with Crippen LogP contribution in [0, 0.1) is 0 Å². The molecule has 1 aromatic heterocycles. The summed E-state index contributed by atoms with van der Waals surface area (Å²) in [5, 5.41) is 12.1. The number of aliphatic hydroxyl groups is 1. The largest absolute Gasteiger partial charge is 0.387 e. The first-order chi connectivity index (χ1) is 12.8. The number of hydrogen-bond donors (Lipinski definition) is 1. The molecule has 0 spiro atoms. The fourth-order valence-electron chi connectivity index (χ4n) is 3.55. The van der Waals surface area contributed by atoms with Gasteiger partial charge in [0.05, 0.1) is 6.10 Å². The molecule has 0 aliphatic heterocycles. The number of aromatic nitrogens is 1. The maximum atomic E-state index is 10.9. The molecule has 0 saturated heterocycles. The lowest BCUT2D eigenvalue weighted by molar-refractivity contribution is 0.159. The lowest BCUT2D eigenvalue weighted by Gasteiger charge is -2.16. The second-order valence-electron chi connectivity index (χ2n) is 6.74. The number of fused-ring (bicyclic) bond motifs is 1. The molecule has 130 valence electrons. The van der Waals surface area contributed by atoms with Crippen LogP contribution in [0.5, 0.6) is 0 Å². The van der Waals surface area contributed by atoms with Gasteiger partial charge < -0.3 is 9.67 Å². The Labute approximate surface area is 154 Å². The van der Waals surface area contributed by atoms with Crippen molar-refractivity contribution >= 4 is 10.9 Å². The van der Waals surface area contributed by atoms with E-state index in [2.05, 4.69) is 71.3 Å². The van der Waals surface area contributed by atoms with E-state index in [4.69, 9.17) is 0 Å². The number of nitrogens with zero attached hydrogens (tertiary/aromatic N) is 1. The summed E-state index contributed by atoms with van der Waals surface area (Å²) in [4.78, 5) is 0. The fourth-order valence-corrected chi connectivity index (χ4v) is 3.55. The number of rotatable bonds is 6. The number of hydrogen-bond acceptors (Lipinski definition) is 1. The summed E-state index contributed by atoms with van der Waals surface area (Å²) in [5.74, 6) is 0. The van der Waals surface area contributed by atoms with Gasteiger partial charge in [0.25, 0.3) is 0 Å². The van der Waals surface area contributed by atoms with Gasteiger partial charge in [-0.15, -0.1) is 0 Å². The molecule has 0 aliphatic carbocycles. The standard InChI is InChI=1S/C24H23NO/c26-24(16-15-19-9-3-1-4-10-19)23-17-21-13-7-8-14-22(21)25(23)18-20-11-5-2-6-12-20/h1-14,17,24,26H,15-16,18H2. The quantitative estimate of drug-likeness (QED) is 0.502. The van der Waals surface area contributed by atoms with Gasteiger partial charge in [0, 0.05) is 17.8 Å². The van der Waals surface area contributed by atoms with E-state index in [9.17, 15) is 5.11 Å². The second-order valence-corrected chi connectivity index (χ2v) is 6.74. The minimum absolute atomic E-state index is 0.480. The Hall–Kier alpha value is -2.84. The van der Waals surface area contributed by atoms with Crippen molar-refractivity contribution in [1.29, 1.82) is 0 Å². The molecule has 0 fully saturated rings. The zero-order valence-corrected chi connectivity index (χ0v) is 14.8. The highest BCUT2D eigenvalue weighted by Gasteiger charge is 2.16. The van der Waals surface area contributed by atoms with Crippen LogP contribution >= 0.6 is 0 Å². The van der Waals surface area contributed by atoms with E-state index in [0.717, 1.165) is 25.1 Å². The van der Waals surface area contributed by atoms with Crippen LogP contribution in [-0.2, 0) is 13.0 Å². The highest BCUT2D eigenvalue weighted by Crippen LogP contribution is 2.28. The van der Waals surface area contributed by atoms with Crippen molar-refractivity contribution in [3.63, 3.8) is 0 Å². The zero-order valence-electron chi connectivity index (χ0n) is 14.8. The summed E-state index contributed by atoms with van der Waals surface area (Å²) in [6, 6.07) is 31.3. The third-order valence-electron chi connectivity index (χ3n) is 4.92. The van der Waals surface area contributed by atoms with Crippen LogP contribution < -0.4 is 0 Å². The Bertz CT molecular complexity index is 973. The molecule has 1 heterocycles. The average Bonchev–Trinajstić information content (AvgIpc) is 3.06. The van der Waals surface area contributed by atoms with Crippen LogP contribution in [0.3, 0.4) is 0 Å². The molecular formula is C24H23NO. The van der Waals surface area contributed by atoms with Crippen LogP contribution in [0.15, 0.2) is 91.0 Å². The molecule has 1 atom stereocenters. The third-order valence-corrected chi connectivity index (χ3v) is 4.92. The Morgan fingerprint density at radius 3 is 2.08 bits per heavy atom. The van der Waals surface area contributed by atoms with Gasteiger partial charge >= 0.3 is 0 Å². The molecular weight excluding hydrogens is 318 g/mol. The normalized spacial score (nSPS) is 12.3. The maximum absolute atomic E-state index is 10.9. The van der Waals surface area contributed by atoms with E-state index < -0.39 is 6.10 Å². The summed E-state index contributed by atoms with van der Waals surface area (Å²) < 4.78 is 2.25. The summed E-state index contributed by atoms with van der Waals surface area (Å²) in [6.45, 7) is 0.770. The highest BCUT2D eigenvalue weighted by molar-refractivity contribution is 5.81. The van der Waals surface area contributed by atoms with Gasteiger partial charge in [0.2, 0.25) is 0 Å². The smallest absolute Gasteiger partial charge is 0.0943 e. The van der Waals surface area contributed by atoms with Gasteiger partial charge in [-0.1, -0.05) is 78.9 Å². The van der Waals surface area contributed by atoms with Crippen molar-refractivity contribution in [2.24, 2.45) is 0 Å². The minimum Gasteiger partial charge on any atom is -0.387 e. The Kier molecular flexibility index (Phi) is 4.85. The fraction of sp³-hybridized carbons (Fsp3) is 0.167. The van der Waals surface area contributed by atoms with Crippen molar-refractivity contribution in [1.82, 2.24) is 4.57 Å². The molecule has 0 aliphatic rings. The second kappa shape index (κ2) is 7.59. The summed E-state index contributed by atoms with van der Waals surface area (Å²) in [5.41, 5.74) is 4.67. The van der Waals surface area contributed by atoms with Crippen LogP contribution in [0.2, 0.25) is 0 Å². The molecule has 4 aromatic rings. The van der Waals surface area contributed by atoms with Crippen LogP contribution in [0.4, 0.5) is 0 Å². The molecule has 1 N–H and O–H groups in total. The van der Waals surface area contributed by atoms with Crippen molar-refractivity contribution in [2.75, 3.05) is 0 Å². The lowest BCUT2D eigenvalue weighted by atomic mass is 10.0. The summed E-state index contributed by atoms with van der Waals surface area (Å²) >= 11 is 0. The van der Waals surface area contributed by atoms with Crippen molar-refractivity contribution in [2.45, 2.75) is 25.5 Å². The van der Waals surface area contributed by atoms with E-state index >= 15 is 0 Å². The highest BCUT2D eigenvalue weighted by atomic mass is 16.3. The molecule has 0 saturated carbocycles. The Morgan fingerprint density at radius 2 is 1.35 bits per heavy atom. The van der Waals surface area contributed by atoms with Crippen LogP contribution in [0.25, 0.3) is 10.9 Å². The van der Waals surface area contributed by atoms with Crippen LogP contribution in [0.1, 0.15) is 29.3 Å². The lowest BCUT2D eigenvalue weighted by Crippen LogP contribution is -2.09. The molecule has 2 nitrogen and oxygen atoms in total. The predicted octanol–water partition coefficient (Wildman–Crippen LogP) is 5.36. The number of para-hydroxylation sites is 1. The van der Waals surface area contributed by atoms with Gasteiger partial charge in [-0.2, -0.15) is 0 Å². The van der Waals surface area contributed by atoms with Crippen molar-refractivity contribution in [3.8, 4) is 0 Å². The average molecular weight is 341 g/mol. The van der Waals surface area contributed by atoms with Gasteiger partial charge in [-0.05, 0) is 41.5 Å². The topological polar surface area (TPSA) is 25.2 Å². The molecule has 0 radical (unpaired) electrons. The molecule has 4 rings (SSSR count). The zero-order chi connectivity index (χ0) is 17.8. The third kappa shape index (κ3) is 3.56. The van der Waals surface area contributed by atoms with E-state index in [1.807, 2.05) is 24.3 Å². The monoisotopic (exact) mass is 341 g/mol. The van der Waals surface area contributed by atoms with E-state index in [0.29, 0.717) is 0 Å². The van der Waals surface area contributed by atoms with E-state index in [-0.39, 0.29) is 0 Å². The minimum atomic E-state index is -0.480. The summed E-state index contributed by atoms with van der Waals surface area (Å²) in [7, 11) is 0. The molecule has 2 heteroatoms. The van der Waals surface area contributed by atoms with Crippen molar-refractivity contribution < 1.29 is 5.11 Å². The van der Waals surface area contributed by atoms with Gasteiger partial charge in [0.15, 0.2) is 0 Å². The van der Waals surface area contributed by atoms with E-state index in [1.165, 1.54) is 22.0 Å². The Morgan fingerprint density at radius 1 is 0.731 bits per heavy atom. The van der Waals surface area contributed by atoms with Crippen LogP contribution in [-0.4, -0.2) is 9.67 Å². The molecule has 1 unspecified atom stereocenters. The first kappa shape index (κ1) is 16.6. The van der Waals surface area contributed by atoms with Gasteiger partial charge in [-0.3, -0.25) is 0 Å². The SMILES string of the molecule is OC(CCc1ccccc1)c1cc2ccccc2n1Cc1ccccc1. The number of aliphatic hydroxyl groups excluding tert-OH is 1. The Balaban J connectivity index is 1.64. The molecule has 0 bridgehead atoms. The van der Waals surface area contributed by atoms with Gasteiger partial charge in [-0.25, -0.2) is 0 Å². The number of benzene rings is 3. The maximum Gasteiger partial charge on any atom is 0.0943 e. The molecule has 3 aromatic carbocycles. The summed E-state index contributed by atoms with van der Waals surface area (Å²) in [6.07, 6.45) is 1.11. The van der Waals surface area contributed by atoms with Gasteiger partial charge in [0.1, 0.15) is 0 Å². The van der Waals surface area contributed by atoms with E-state index in [1.54, 1.807) is 0 Å². The first-order valence-electron chi connectivity index (χ1n) is 9.15. The molecule has 0 amide bonds. The molecule has 26 heavy (non-hydrogen) atoms.